The van der Waals surface area contributed by atoms with Gasteiger partial charge in [-0.25, -0.2) is 0 Å². The Hall–Kier alpha value is -3.32. The van der Waals surface area contributed by atoms with E-state index in [1.54, 1.807) is 0 Å². The fraction of sp³-hybridized carbons (Fsp3) is 0.143. The summed E-state index contributed by atoms with van der Waals surface area (Å²) in [4.78, 5) is 0. The van der Waals surface area contributed by atoms with Crippen molar-refractivity contribution in [3.05, 3.63) is 107 Å². The molecule has 1 heterocycles. The molecule has 5 aromatic rings. The number of rotatable bonds is 3. The van der Waals surface area contributed by atoms with E-state index in [1.165, 1.54) is 55.2 Å². The smallest absolute Gasteiger partial charge is 0.0494 e. The van der Waals surface area contributed by atoms with Crippen molar-refractivity contribution in [3.8, 4) is 11.1 Å². The van der Waals surface area contributed by atoms with Gasteiger partial charge in [-0.05, 0) is 65.3 Å². The van der Waals surface area contributed by atoms with E-state index in [1.807, 2.05) is 0 Å². The van der Waals surface area contributed by atoms with Crippen LogP contribution in [-0.4, -0.2) is 4.57 Å². The lowest BCUT2D eigenvalue weighted by molar-refractivity contribution is 0.826. The molecule has 0 spiro atoms. The van der Waals surface area contributed by atoms with Gasteiger partial charge in [-0.1, -0.05) is 72.8 Å². The largest absolute Gasteiger partial charge is 0.341 e. The average molecular weight is 373 g/mol. The number of nitrogens with zero attached hydrogens (tertiary/aromatic N) is 1. The molecule has 0 aliphatic heterocycles. The Balaban J connectivity index is 1.39. The minimum absolute atomic E-state index is 0.977. The van der Waals surface area contributed by atoms with Crippen LogP contribution < -0.4 is 0 Å². The van der Waals surface area contributed by atoms with Crippen molar-refractivity contribution in [2.24, 2.45) is 0 Å². The minimum Gasteiger partial charge on any atom is -0.341 e. The Bertz CT molecular complexity index is 1390. The lowest BCUT2D eigenvalue weighted by Gasteiger charge is -2.08. The minimum atomic E-state index is 0.977. The fourth-order valence-electron chi connectivity index (χ4n) is 5.09. The van der Waals surface area contributed by atoms with E-state index in [-0.39, 0.29) is 0 Å². The molecular weight excluding hydrogens is 350 g/mol. The Morgan fingerprint density at radius 2 is 1.38 bits per heavy atom. The van der Waals surface area contributed by atoms with Crippen molar-refractivity contribution < 1.29 is 0 Å². The molecule has 0 fully saturated rings. The van der Waals surface area contributed by atoms with Gasteiger partial charge in [-0.15, -0.1) is 0 Å². The molecule has 1 heteroatoms. The quantitative estimate of drug-likeness (QED) is 0.315. The van der Waals surface area contributed by atoms with Gasteiger partial charge in [0.15, 0.2) is 0 Å². The number of benzene rings is 4. The predicted octanol–water partition coefficient (Wildman–Crippen LogP) is 6.98. The number of aromatic nitrogens is 1. The van der Waals surface area contributed by atoms with Crippen molar-refractivity contribution in [2.75, 3.05) is 0 Å². The highest BCUT2D eigenvalue weighted by atomic mass is 15.0. The summed E-state index contributed by atoms with van der Waals surface area (Å²) in [7, 11) is 0. The highest BCUT2D eigenvalue weighted by molar-refractivity contribution is 6.08. The molecule has 1 aromatic heterocycles. The molecule has 1 aliphatic carbocycles. The first-order valence-electron chi connectivity index (χ1n) is 10.5. The maximum Gasteiger partial charge on any atom is 0.0494 e. The van der Waals surface area contributed by atoms with Gasteiger partial charge in [0.2, 0.25) is 0 Å². The molecule has 0 radical (unpaired) electrons. The van der Waals surface area contributed by atoms with E-state index < -0.39 is 0 Å². The number of aryl methyl sites for hydroxylation is 1. The van der Waals surface area contributed by atoms with Crippen LogP contribution in [0.5, 0.6) is 0 Å². The third-order valence-electron chi connectivity index (χ3n) is 6.42. The summed E-state index contributed by atoms with van der Waals surface area (Å²) in [6.07, 6.45) is 2.03. The van der Waals surface area contributed by atoms with Crippen LogP contribution in [0.3, 0.4) is 0 Å². The van der Waals surface area contributed by atoms with E-state index in [2.05, 4.69) is 96.4 Å². The Kier molecular flexibility index (Phi) is 3.64. The molecule has 0 atom stereocenters. The SMILES string of the molecule is CCn1c2ccccc2c2ccc(Cc3ccc4c(c3)Cc3ccccc3-4)cc21. The van der Waals surface area contributed by atoms with Gasteiger partial charge in [-0.2, -0.15) is 0 Å². The lowest BCUT2D eigenvalue weighted by Crippen LogP contribution is -1.95. The van der Waals surface area contributed by atoms with Gasteiger partial charge < -0.3 is 4.57 Å². The summed E-state index contributed by atoms with van der Waals surface area (Å²) in [5, 5.41) is 2.71. The topological polar surface area (TPSA) is 4.93 Å². The number of hydrogen-bond donors (Lipinski definition) is 0. The summed E-state index contributed by atoms with van der Waals surface area (Å²) in [6.45, 7) is 3.22. The predicted molar refractivity (Wildman–Crippen MR) is 123 cm³/mol. The molecule has 0 saturated heterocycles. The summed E-state index contributed by atoms with van der Waals surface area (Å²) >= 11 is 0. The second kappa shape index (κ2) is 6.35. The van der Waals surface area contributed by atoms with Crippen LogP contribution >= 0.6 is 0 Å². The van der Waals surface area contributed by atoms with E-state index in [4.69, 9.17) is 0 Å². The molecule has 0 bridgehead atoms. The molecule has 4 aromatic carbocycles. The first-order chi connectivity index (χ1) is 14.3. The van der Waals surface area contributed by atoms with Crippen molar-refractivity contribution in [1.29, 1.82) is 0 Å². The van der Waals surface area contributed by atoms with Crippen LogP contribution in [0.25, 0.3) is 32.9 Å². The van der Waals surface area contributed by atoms with Crippen molar-refractivity contribution in [2.45, 2.75) is 26.3 Å². The fourth-order valence-corrected chi connectivity index (χ4v) is 5.09. The molecule has 0 amide bonds. The average Bonchev–Trinajstić information content (AvgIpc) is 3.28. The van der Waals surface area contributed by atoms with E-state index in [0.29, 0.717) is 0 Å². The van der Waals surface area contributed by atoms with Crippen LogP contribution in [0.15, 0.2) is 84.9 Å². The van der Waals surface area contributed by atoms with Crippen molar-refractivity contribution in [3.63, 3.8) is 0 Å². The summed E-state index contributed by atoms with van der Waals surface area (Å²) in [5.74, 6) is 0. The number of fused-ring (bicyclic) bond motifs is 6. The van der Waals surface area contributed by atoms with Gasteiger partial charge in [0.05, 0.1) is 0 Å². The third kappa shape index (κ3) is 2.54. The molecule has 0 N–H and O–H groups in total. The molecule has 6 rings (SSSR count). The third-order valence-corrected chi connectivity index (χ3v) is 6.42. The summed E-state index contributed by atoms with van der Waals surface area (Å²) in [6, 6.07) is 31.6. The molecule has 0 unspecified atom stereocenters. The summed E-state index contributed by atoms with van der Waals surface area (Å²) in [5.41, 5.74) is 11.2. The van der Waals surface area contributed by atoms with E-state index in [0.717, 1.165) is 19.4 Å². The first-order valence-corrected chi connectivity index (χ1v) is 10.5. The van der Waals surface area contributed by atoms with Crippen LogP contribution in [0.2, 0.25) is 0 Å². The normalized spacial score (nSPS) is 12.4. The van der Waals surface area contributed by atoms with Gasteiger partial charge >= 0.3 is 0 Å². The van der Waals surface area contributed by atoms with Gasteiger partial charge in [0, 0.05) is 28.4 Å². The van der Waals surface area contributed by atoms with E-state index >= 15 is 0 Å². The Labute approximate surface area is 171 Å². The zero-order chi connectivity index (χ0) is 19.4. The molecular formula is C28H23N. The van der Waals surface area contributed by atoms with Gasteiger partial charge in [0.1, 0.15) is 0 Å². The molecule has 1 aliphatic rings. The zero-order valence-electron chi connectivity index (χ0n) is 16.7. The lowest BCUT2D eigenvalue weighted by atomic mass is 9.98. The van der Waals surface area contributed by atoms with Crippen LogP contribution in [0.1, 0.15) is 29.2 Å². The van der Waals surface area contributed by atoms with Gasteiger partial charge in [-0.3, -0.25) is 0 Å². The Morgan fingerprint density at radius 3 is 2.31 bits per heavy atom. The Morgan fingerprint density at radius 1 is 0.655 bits per heavy atom. The first kappa shape index (κ1) is 16.6. The number of para-hydroxylation sites is 1. The van der Waals surface area contributed by atoms with Crippen LogP contribution in [0, 0.1) is 0 Å². The maximum absolute atomic E-state index is 2.44. The van der Waals surface area contributed by atoms with Gasteiger partial charge in [0.25, 0.3) is 0 Å². The zero-order valence-corrected chi connectivity index (χ0v) is 16.7. The van der Waals surface area contributed by atoms with Crippen molar-refractivity contribution in [1.82, 2.24) is 4.57 Å². The second-order valence-electron chi connectivity index (χ2n) is 8.12. The monoisotopic (exact) mass is 373 g/mol. The molecule has 1 nitrogen and oxygen atoms in total. The number of hydrogen-bond acceptors (Lipinski definition) is 0. The summed E-state index contributed by atoms with van der Waals surface area (Å²) < 4.78 is 2.44. The van der Waals surface area contributed by atoms with Crippen LogP contribution in [-0.2, 0) is 19.4 Å². The molecule has 29 heavy (non-hydrogen) atoms. The standard InChI is InChI=1S/C28H23N/c1-2-29-27-10-6-5-9-25(27)26-14-12-20(17-28(26)29)15-19-11-13-24-22(16-19)18-21-7-3-4-8-23(21)24/h3-14,16-17H,2,15,18H2,1H3. The maximum atomic E-state index is 2.44. The molecule has 0 saturated carbocycles. The van der Waals surface area contributed by atoms with Crippen LogP contribution in [0.4, 0.5) is 0 Å². The van der Waals surface area contributed by atoms with Crippen molar-refractivity contribution >= 4 is 21.8 Å². The molecule has 140 valence electrons. The highest BCUT2D eigenvalue weighted by Crippen LogP contribution is 2.37. The second-order valence-corrected chi connectivity index (χ2v) is 8.12. The highest BCUT2D eigenvalue weighted by Gasteiger charge is 2.18. The van der Waals surface area contributed by atoms with E-state index in [9.17, 15) is 0 Å².